The van der Waals surface area contributed by atoms with Crippen LogP contribution < -0.4 is 25.1 Å². The summed E-state index contributed by atoms with van der Waals surface area (Å²) in [7, 11) is 1.56. The number of benzene rings is 1. The summed E-state index contributed by atoms with van der Waals surface area (Å²) in [6.07, 6.45) is 6.28. The van der Waals surface area contributed by atoms with E-state index >= 15 is 0 Å². The van der Waals surface area contributed by atoms with Gasteiger partial charge in [0.05, 0.1) is 30.9 Å². The van der Waals surface area contributed by atoms with Crippen molar-refractivity contribution >= 4 is 11.2 Å². The molecule has 1 aromatic carbocycles. The minimum Gasteiger partial charge on any atom is -0.486 e. The van der Waals surface area contributed by atoms with Crippen LogP contribution in [0.5, 0.6) is 17.4 Å². The van der Waals surface area contributed by atoms with Crippen LogP contribution in [0, 0.1) is 0 Å². The second kappa shape index (κ2) is 9.58. The van der Waals surface area contributed by atoms with Crippen LogP contribution in [-0.4, -0.2) is 46.4 Å². The first kappa shape index (κ1) is 22.5. The monoisotopic (exact) mass is 485 g/mol. The molecule has 1 aliphatic heterocycles. The molecule has 4 heterocycles. The molecule has 184 valence electrons. The second-order valence-corrected chi connectivity index (χ2v) is 9.05. The lowest BCUT2D eigenvalue weighted by Crippen LogP contribution is -2.25. The number of nitrogens with one attached hydrogen (secondary N) is 1. The molecule has 1 N–H and O–H groups in total. The minimum atomic E-state index is -0.218. The number of fused-ring (bicyclic) bond motifs is 3. The highest BCUT2D eigenvalue weighted by Gasteiger charge is 2.21. The summed E-state index contributed by atoms with van der Waals surface area (Å²) in [5.41, 5.74) is 5.22. The van der Waals surface area contributed by atoms with Gasteiger partial charge >= 0.3 is 0 Å². The topological polar surface area (TPSA) is 100 Å². The van der Waals surface area contributed by atoms with Crippen LogP contribution in [-0.2, 0) is 13.0 Å². The number of ether oxygens (including phenoxy) is 3. The number of aromatic nitrogens is 4. The van der Waals surface area contributed by atoms with E-state index in [-0.39, 0.29) is 5.56 Å². The van der Waals surface area contributed by atoms with Crippen molar-refractivity contribution in [1.29, 1.82) is 0 Å². The Kier molecular flexibility index (Phi) is 5.98. The molecular formula is C27H27N5O4. The summed E-state index contributed by atoms with van der Waals surface area (Å²) in [5, 5.41) is 3.57. The summed E-state index contributed by atoms with van der Waals surface area (Å²) in [6, 6.07) is 11.8. The third kappa shape index (κ3) is 4.26. The largest absolute Gasteiger partial charge is 0.486 e. The quantitative estimate of drug-likeness (QED) is 0.445. The Morgan fingerprint density at radius 3 is 2.86 bits per heavy atom. The smallest absolute Gasteiger partial charge is 0.275 e. The first-order valence-electron chi connectivity index (χ1n) is 12.2. The molecule has 0 bridgehead atoms. The van der Waals surface area contributed by atoms with E-state index in [1.165, 1.54) is 17.3 Å². The molecule has 9 nitrogen and oxygen atoms in total. The van der Waals surface area contributed by atoms with E-state index in [9.17, 15) is 4.79 Å². The average Bonchev–Trinajstić information content (AvgIpc) is 2.92. The Morgan fingerprint density at radius 1 is 1.08 bits per heavy atom. The molecule has 0 radical (unpaired) electrons. The molecule has 0 saturated heterocycles. The molecule has 0 spiro atoms. The molecule has 4 aromatic rings. The summed E-state index contributed by atoms with van der Waals surface area (Å²) in [4.78, 5) is 26.1. The summed E-state index contributed by atoms with van der Waals surface area (Å²) in [5.74, 6) is 2.30. The number of nitrogens with zero attached hydrogens (tertiary/aromatic N) is 4. The Bertz CT molecular complexity index is 1490. The number of hydrogen-bond acceptors (Lipinski definition) is 8. The lowest BCUT2D eigenvalue weighted by molar-refractivity contribution is 0.170. The van der Waals surface area contributed by atoms with E-state index in [2.05, 4.69) is 32.4 Å². The van der Waals surface area contributed by atoms with Crippen molar-refractivity contribution in [2.75, 3.05) is 26.9 Å². The second-order valence-electron chi connectivity index (χ2n) is 9.05. The van der Waals surface area contributed by atoms with Crippen molar-refractivity contribution in [2.45, 2.75) is 31.7 Å². The SMILES string of the molecule is COc1ccc2ncc(=O)n(-c3ccc4c(c3)CCCC4CNCc3cc4c(cn3)OCCO4)c2n1. The Balaban J connectivity index is 1.22. The van der Waals surface area contributed by atoms with Crippen LogP contribution in [0.3, 0.4) is 0 Å². The van der Waals surface area contributed by atoms with Gasteiger partial charge in [-0.1, -0.05) is 6.07 Å². The molecular weight excluding hydrogens is 458 g/mol. The number of pyridine rings is 2. The Labute approximate surface area is 208 Å². The van der Waals surface area contributed by atoms with E-state index in [0.29, 0.717) is 48.5 Å². The van der Waals surface area contributed by atoms with Crippen LogP contribution in [0.2, 0.25) is 0 Å². The maximum atomic E-state index is 12.8. The van der Waals surface area contributed by atoms with E-state index < -0.39 is 0 Å². The summed E-state index contributed by atoms with van der Waals surface area (Å²) >= 11 is 0. The molecule has 1 unspecified atom stereocenters. The van der Waals surface area contributed by atoms with Crippen molar-refractivity contribution < 1.29 is 14.2 Å². The zero-order valence-corrected chi connectivity index (χ0v) is 20.1. The predicted molar refractivity (Wildman–Crippen MR) is 134 cm³/mol. The maximum absolute atomic E-state index is 12.8. The van der Waals surface area contributed by atoms with Gasteiger partial charge in [-0.15, -0.1) is 0 Å². The van der Waals surface area contributed by atoms with Crippen molar-refractivity contribution in [2.24, 2.45) is 0 Å². The first-order valence-corrected chi connectivity index (χ1v) is 12.2. The maximum Gasteiger partial charge on any atom is 0.275 e. The molecule has 0 saturated carbocycles. The summed E-state index contributed by atoms with van der Waals surface area (Å²) in [6.45, 7) is 2.63. The van der Waals surface area contributed by atoms with Crippen LogP contribution in [0.15, 0.2) is 53.6 Å². The molecule has 1 aliphatic carbocycles. The zero-order valence-electron chi connectivity index (χ0n) is 20.1. The van der Waals surface area contributed by atoms with Crippen LogP contribution in [0.25, 0.3) is 16.9 Å². The van der Waals surface area contributed by atoms with E-state index in [4.69, 9.17) is 14.2 Å². The molecule has 36 heavy (non-hydrogen) atoms. The zero-order chi connectivity index (χ0) is 24.5. The number of rotatable bonds is 6. The van der Waals surface area contributed by atoms with Gasteiger partial charge in [0, 0.05) is 25.2 Å². The minimum absolute atomic E-state index is 0.218. The van der Waals surface area contributed by atoms with Gasteiger partial charge in [0.1, 0.15) is 18.7 Å². The third-order valence-electron chi connectivity index (χ3n) is 6.79. The van der Waals surface area contributed by atoms with E-state index in [0.717, 1.165) is 42.9 Å². The van der Waals surface area contributed by atoms with Gasteiger partial charge in [0.15, 0.2) is 17.1 Å². The van der Waals surface area contributed by atoms with E-state index in [1.807, 2.05) is 18.2 Å². The first-order chi connectivity index (χ1) is 17.7. The third-order valence-corrected chi connectivity index (χ3v) is 6.79. The highest BCUT2D eigenvalue weighted by atomic mass is 16.6. The fourth-order valence-corrected chi connectivity index (χ4v) is 5.05. The molecule has 9 heteroatoms. The summed E-state index contributed by atoms with van der Waals surface area (Å²) < 4.78 is 18.1. The Morgan fingerprint density at radius 2 is 1.97 bits per heavy atom. The van der Waals surface area contributed by atoms with E-state index in [1.54, 1.807) is 23.9 Å². The standard InChI is InChI=1S/C27H27N5O4/c1-34-25-8-7-22-27(31-25)32(26(33)16-30-22)20-5-6-21-17(11-20)3-2-4-18(21)13-28-14-19-12-23-24(15-29-19)36-10-9-35-23/h5-8,11-12,15-16,18,28H,2-4,9-10,13-14H2,1H3. The van der Waals surface area contributed by atoms with Gasteiger partial charge in [-0.3, -0.25) is 14.3 Å². The predicted octanol–water partition coefficient (Wildman–Crippen LogP) is 3.17. The fraction of sp³-hybridized carbons (Fsp3) is 0.333. The van der Waals surface area contributed by atoms with Crippen molar-refractivity contribution in [3.63, 3.8) is 0 Å². The van der Waals surface area contributed by atoms with Gasteiger partial charge in [0.2, 0.25) is 5.88 Å². The van der Waals surface area contributed by atoms with Crippen LogP contribution >= 0.6 is 0 Å². The normalized spacial score (nSPS) is 16.5. The van der Waals surface area contributed by atoms with Crippen molar-refractivity contribution in [3.05, 3.63) is 76.0 Å². The highest BCUT2D eigenvalue weighted by Crippen LogP contribution is 2.33. The van der Waals surface area contributed by atoms with Gasteiger partial charge in [-0.05, 0) is 54.5 Å². The van der Waals surface area contributed by atoms with Gasteiger partial charge in [0.25, 0.3) is 5.56 Å². The van der Waals surface area contributed by atoms with Crippen molar-refractivity contribution in [3.8, 4) is 23.1 Å². The molecule has 3 aromatic heterocycles. The molecule has 6 rings (SSSR count). The average molecular weight is 486 g/mol. The van der Waals surface area contributed by atoms with Gasteiger partial charge < -0.3 is 19.5 Å². The number of hydrogen-bond donors (Lipinski definition) is 1. The van der Waals surface area contributed by atoms with Gasteiger partial charge in [-0.25, -0.2) is 4.98 Å². The number of methoxy groups -OCH3 is 1. The highest BCUT2D eigenvalue weighted by molar-refractivity contribution is 5.73. The Hall–Kier alpha value is -3.98. The van der Waals surface area contributed by atoms with Gasteiger partial charge in [-0.2, -0.15) is 4.98 Å². The van der Waals surface area contributed by atoms with Crippen LogP contribution in [0.1, 0.15) is 35.6 Å². The number of aryl methyl sites for hydroxylation is 1. The molecule has 2 aliphatic rings. The van der Waals surface area contributed by atoms with Crippen molar-refractivity contribution in [1.82, 2.24) is 24.8 Å². The lowest BCUT2D eigenvalue weighted by Gasteiger charge is -2.27. The lowest BCUT2D eigenvalue weighted by atomic mass is 9.82. The molecule has 0 amide bonds. The molecule has 1 atom stereocenters. The fourth-order valence-electron chi connectivity index (χ4n) is 5.05. The molecule has 0 fully saturated rings. The van der Waals surface area contributed by atoms with Crippen LogP contribution in [0.4, 0.5) is 0 Å².